The molecule has 2 unspecified atom stereocenters. The van der Waals surface area contributed by atoms with Crippen LogP contribution in [0.3, 0.4) is 0 Å². The number of hydrogen-bond acceptors (Lipinski definition) is 3. The number of nitrogens with zero attached hydrogens (tertiary/aromatic N) is 1. The summed E-state index contributed by atoms with van der Waals surface area (Å²) in [4.78, 5) is 12.9. The molecule has 4 heteroatoms. The highest BCUT2D eigenvalue weighted by atomic mass is 19.1. The highest BCUT2D eigenvalue weighted by Crippen LogP contribution is 2.21. The molecule has 1 aliphatic rings. The van der Waals surface area contributed by atoms with Crippen LogP contribution in [-0.2, 0) is 9.53 Å². The van der Waals surface area contributed by atoms with Crippen LogP contribution in [0.15, 0.2) is 0 Å². The molecule has 0 aromatic heterocycles. The van der Waals surface area contributed by atoms with Crippen LogP contribution in [0.25, 0.3) is 0 Å². The third kappa shape index (κ3) is 2.95. The molecule has 1 fully saturated rings. The lowest BCUT2D eigenvalue weighted by atomic mass is 10.0. The average molecular weight is 189 g/mol. The van der Waals surface area contributed by atoms with Gasteiger partial charge in [0.1, 0.15) is 0 Å². The maximum Gasteiger partial charge on any atom is 0.340 e. The Morgan fingerprint density at radius 3 is 2.92 bits per heavy atom. The molecule has 1 rings (SSSR count). The lowest BCUT2D eigenvalue weighted by Crippen LogP contribution is -2.22. The highest BCUT2D eigenvalue weighted by molar-refractivity contribution is 5.74. The molecule has 0 saturated carbocycles. The molecule has 1 heterocycles. The second-order valence-electron chi connectivity index (χ2n) is 3.64. The van der Waals surface area contributed by atoms with Gasteiger partial charge in [0, 0.05) is 6.54 Å². The zero-order chi connectivity index (χ0) is 9.84. The Labute approximate surface area is 77.9 Å². The molecular formula is C9H16FNO2. The predicted octanol–water partition coefficient (Wildman–Crippen LogP) is 0.839. The number of halogens is 1. The third-order valence-corrected chi connectivity index (χ3v) is 2.49. The first-order chi connectivity index (χ1) is 6.13. The summed E-state index contributed by atoms with van der Waals surface area (Å²) in [5.74, 6) is -0.436. The number of ether oxygens (including phenoxy) is 1. The SMILES string of the molecule is COC(=O)C(F)CC1CCN(C)C1. The first-order valence-electron chi connectivity index (χ1n) is 4.54. The minimum atomic E-state index is -1.44. The van der Waals surface area contributed by atoms with Gasteiger partial charge in [-0.2, -0.15) is 0 Å². The maximum absolute atomic E-state index is 13.1. The molecule has 1 aliphatic heterocycles. The molecule has 0 bridgehead atoms. The Morgan fingerprint density at radius 1 is 1.77 bits per heavy atom. The summed E-state index contributed by atoms with van der Waals surface area (Å²) in [7, 11) is 3.22. The monoisotopic (exact) mass is 189 g/mol. The van der Waals surface area contributed by atoms with Crippen molar-refractivity contribution >= 4 is 5.97 Å². The Bertz CT molecular complexity index is 186. The zero-order valence-electron chi connectivity index (χ0n) is 8.12. The molecule has 3 nitrogen and oxygen atoms in total. The Morgan fingerprint density at radius 2 is 2.46 bits per heavy atom. The second-order valence-corrected chi connectivity index (χ2v) is 3.64. The summed E-state index contributed by atoms with van der Waals surface area (Å²) < 4.78 is 17.4. The number of hydrogen-bond donors (Lipinski definition) is 0. The van der Waals surface area contributed by atoms with Gasteiger partial charge in [-0.15, -0.1) is 0 Å². The molecule has 0 spiro atoms. The van der Waals surface area contributed by atoms with Gasteiger partial charge in [-0.25, -0.2) is 9.18 Å². The van der Waals surface area contributed by atoms with E-state index in [0.29, 0.717) is 12.3 Å². The van der Waals surface area contributed by atoms with E-state index in [4.69, 9.17) is 0 Å². The second kappa shape index (κ2) is 4.56. The van der Waals surface area contributed by atoms with Gasteiger partial charge in [-0.05, 0) is 32.4 Å². The van der Waals surface area contributed by atoms with E-state index in [1.165, 1.54) is 7.11 Å². The van der Waals surface area contributed by atoms with Gasteiger partial charge in [0.25, 0.3) is 0 Å². The number of carbonyl (C=O) groups is 1. The van der Waals surface area contributed by atoms with E-state index in [2.05, 4.69) is 9.64 Å². The number of likely N-dealkylation sites (tertiary alicyclic amines) is 1. The van der Waals surface area contributed by atoms with E-state index >= 15 is 0 Å². The van der Waals surface area contributed by atoms with Crippen molar-refractivity contribution in [3.05, 3.63) is 0 Å². The average Bonchev–Trinajstić information content (AvgIpc) is 2.49. The smallest absolute Gasteiger partial charge is 0.340 e. The van der Waals surface area contributed by atoms with Gasteiger partial charge >= 0.3 is 5.97 Å². The van der Waals surface area contributed by atoms with Crippen LogP contribution in [-0.4, -0.2) is 44.3 Å². The minimum Gasteiger partial charge on any atom is -0.467 e. The summed E-state index contributed by atoms with van der Waals surface area (Å²) in [6.45, 7) is 1.88. The number of esters is 1. The quantitative estimate of drug-likeness (QED) is 0.616. The van der Waals surface area contributed by atoms with Gasteiger partial charge in [0.2, 0.25) is 0 Å². The molecule has 0 aliphatic carbocycles. The summed E-state index contributed by atoms with van der Waals surface area (Å²) in [5, 5.41) is 0. The van der Waals surface area contributed by atoms with Crippen molar-refractivity contribution < 1.29 is 13.9 Å². The normalized spacial score (nSPS) is 25.9. The van der Waals surface area contributed by atoms with Crippen LogP contribution in [0.5, 0.6) is 0 Å². The van der Waals surface area contributed by atoms with Crippen molar-refractivity contribution in [2.24, 2.45) is 5.92 Å². The molecule has 0 amide bonds. The maximum atomic E-state index is 13.1. The van der Waals surface area contributed by atoms with Gasteiger partial charge in [0.15, 0.2) is 6.17 Å². The highest BCUT2D eigenvalue weighted by Gasteiger charge is 2.27. The van der Waals surface area contributed by atoms with Crippen molar-refractivity contribution in [3.63, 3.8) is 0 Å². The van der Waals surface area contributed by atoms with E-state index in [1.54, 1.807) is 0 Å². The van der Waals surface area contributed by atoms with Gasteiger partial charge in [-0.3, -0.25) is 0 Å². The lowest BCUT2D eigenvalue weighted by Gasteiger charge is -2.11. The van der Waals surface area contributed by atoms with Crippen molar-refractivity contribution in [1.29, 1.82) is 0 Å². The van der Waals surface area contributed by atoms with E-state index in [0.717, 1.165) is 19.5 Å². The minimum absolute atomic E-state index is 0.303. The lowest BCUT2D eigenvalue weighted by molar-refractivity contribution is -0.147. The molecule has 0 radical (unpaired) electrons. The Balaban J connectivity index is 2.28. The molecule has 0 N–H and O–H groups in total. The number of rotatable bonds is 3. The fourth-order valence-corrected chi connectivity index (χ4v) is 1.74. The van der Waals surface area contributed by atoms with Crippen LogP contribution in [0.4, 0.5) is 4.39 Å². The van der Waals surface area contributed by atoms with Crippen molar-refractivity contribution in [2.45, 2.75) is 19.0 Å². The first kappa shape index (κ1) is 10.4. The first-order valence-corrected chi connectivity index (χ1v) is 4.54. The van der Waals surface area contributed by atoms with E-state index < -0.39 is 12.1 Å². The van der Waals surface area contributed by atoms with Crippen LogP contribution < -0.4 is 0 Å². The molecule has 13 heavy (non-hydrogen) atoms. The van der Waals surface area contributed by atoms with Crippen molar-refractivity contribution in [1.82, 2.24) is 4.90 Å². The van der Waals surface area contributed by atoms with Gasteiger partial charge in [-0.1, -0.05) is 0 Å². The van der Waals surface area contributed by atoms with Crippen LogP contribution in [0, 0.1) is 5.92 Å². The Hall–Kier alpha value is -0.640. The van der Waals surface area contributed by atoms with Gasteiger partial charge in [0.05, 0.1) is 7.11 Å². The zero-order valence-corrected chi connectivity index (χ0v) is 8.12. The molecule has 0 aromatic carbocycles. The largest absolute Gasteiger partial charge is 0.467 e. The molecular weight excluding hydrogens is 173 g/mol. The molecule has 0 aromatic rings. The molecule has 1 saturated heterocycles. The number of carbonyl (C=O) groups excluding carboxylic acids is 1. The standard InChI is InChI=1S/C9H16FNO2/c1-11-4-3-7(6-11)5-8(10)9(12)13-2/h7-8H,3-6H2,1-2H3. The fourth-order valence-electron chi connectivity index (χ4n) is 1.74. The number of alkyl halides is 1. The predicted molar refractivity (Wildman–Crippen MR) is 47.1 cm³/mol. The van der Waals surface area contributed by atoms with Crippen LogP contribution in [0.2, 0.25) is 0 Å². The third-order valence-electron chi connectivity index (χ3n) is 2.49. The molecule has 2 atom stereocenters. The van der Waals surface area contributed by atoms with E-state index in [9.17, 15) is 9.18 Å². The fraction of sp³-hybridized carbons (Fsp3) is 0.889. The summed E-state index contributed by atoms with van der Waals surface area (Å²) >= 11 is 0. The van der Waals surface area contributed by atoms with Crippen molar-refractivity contribution in [3.8, 4) is 0 Å². The van der Waals surface area contributed by atoms with Crippen LogP contribution >= 0.6 is 0 Å². The summed E-state index contributed by atoms with van der Waals surface area (Å²) in [6.07, 6.45) is -0.160. The van der Waals surface area contributed by atoms with Gasteiger partial charge < -0.3 is 9.64 Å². The van der Waals surface area contributed by atoms with E-state index in [-0.39, 0.29) is 0 Å². The van der Waals surface area contributed by atoms with Crippen molar-refractivity contribution in [2.75, 3.05) is 27.2 Å². The summed E-state index contributed by atoms with van der Waals surface area (Å²) in [5.41, 5.74) is 0. The topological polar surface area (TPSA) is 29.5 Å². The van der Waals surface area contributed by atoms with E-state index in [1.807, 2.05) is 7.05 Å². The van der Waals surface area contributed by atoms with Crippen LogP contribution in [0.1, 0.15) is 12.8 Å². The number of methoxy groups -OCH3 is 1. The molecule has 76 valence electrons. The summed E-state index contributed by atoms with van der Waals surface area (Å²) in [6, 6.07) is 0. The Kier molecular flexibility index (Phi) is 3.66.